The van der Waals surface area contributed by atoms with Gasteiger partial charge in [0.2, 0.25) is 5.76 Å². The lowest BCUT2D eigenvalue weighted by Gasteiger charge is -2.49. The number of methoxy groups -OCH3 is 2. The highest BCUT2D eigenvalue weighted by Crippen LogP contribution is 2.42. The lowest BCUT2D eigenvalue weighted by atomic mass is 9.77. The van der Waals surface area contributed by atoms with Gasteiger partial charge in [0.15, 0.2) is 18.2 Å². The SMILES string of the molecule is C/C=C/C1OC(O)(C(C)C(O)[C@H](C)C2OC(=O)/C(OC)=C/C(C)=C/[C@@H](C)[C@@H](O)[C@@H](C)C(O)C(C)C/C(C)=C/C=C/C2OC)C[C@@H](OC2CC(O)C(OC(N)=O)C(C)O2)C1C. The van der Waals surface area contributed by atoms with Gasteiger partial charge in [-0.05, 0) is 46.1 Å². The standard InChI is InChI=1S/C45H73NO14/c1-13-15-33-27(6)36(57-37-21-32(47)42(31(10)56-37)59-44(46)52)22-45(53,60-33)30(9)40(50)29(8)41-34(54-11)17-14-16-23(2)18-25(4)38(48)28(7)39(49)26(5)19-24(3)20-35(55-12)43(51)58-41/h13-17,19-20,25-34,36-42,47-50,53H,18,21-22H2,1-12H3,(H2,46,52)/b15-13+,17-14+,23-16+,24-19+,35-20-/t25?,26-,27?,28+,29+,30?,31?,32?,33?,34?,36-,37?,38?,39-,40?,41?,42?,45?/m1/s1. The lowest BCUT2D eigenvalue weighted by Crippen LogP contribution is -2.59. The van der Waals surface area contributed by atoms with Crippen LogP contribution in [0, 0.1) is 35.5 Å². The van der Waals surface area contributed by atoms with Crippen molar-refractivity contribution in [2.24, 2.45) is 41.2 Å². The molecule has 0 radical (unpaired) electrons. The van der Waals surface area contributed by atoms with Crippen LogP contribution in [-0.2, 0) is 38.0 Å². The summed E-state index contributed by atoms with van der Waals surface area (Å²) in [5.74, 6) is -6.06. The second kappa shape index (κ2) is 22.8. The predicted octanol–water partition coefficient (Wildman–Crippen LogP) is 4.59. The number of esters is 1. The van der Waals surface area contributed by atoms with Crippen LogP contribution in [0.3, 0.4) is 0 Å². The summed E-state index contributed by atoms with van der Waals surface area (Å²) in [4.78, 5) is 25.3. The molecular formula is C45H73NO14. The van der Waals surface area contributed by atoms with Crippen LogP contribution in [0.1, 0.15) is 88.5 Å². The van der Waals surface area contributed by atoms with Gasteiger partial charge in [-0.15, -0.1) is 0 Å². The summed E-state index contributed by atoms with van der Waals surface area (Å²) in [6.45, 7) is 18.0. The summed E-state index contributed by atoms with van der Waals surface area (Å²) in [7, 11) is 2.80. The monoisotopic (exact) mass is 852 g/mol. The first kappa shape index (κ1) is 51.2. The molecule has 15 nitrogen and oxygen atoms in total. The minimum absolute atomic E-state index is 0.0314. The Morgan fingerprint density at radius 3 is 2.30 bits per heavy atom. The molecule has 60 heavy (non-hydrogen) atoms. The molecule has 15 heteroatoms. The second-order valence-corrected chi connectivity index (χ2v) is 17.3. The highest BCUT2D eigenvalue weighted by atomic mass is 16.7. The van der Waals surface area contributed by atoms with Gasteiger partial charge < -0.3 is 64.4 Å². The van der Waals surface area contributed by atoms with Crippen molar-refractivity contribution in [3.8, 4) is 0 Å². The maximum Gasteiger partial charge on any atom is 0.404 e. The van der Waals surface area contributed by atoms with Gasteiger partial charge in [0.1, 0.15) is 12.2 Å². The molecule has 0 bridgehead atoms. The molecule has 3 heterocycles. The number of allylic oxidation sites excluding steroid dienone is 6. The molecule has 13 unspecified atom stereocenters. The number of aliphatic hydroxyl groups is 5. The van der Waals surface area contributed by atoms with Gasteiger partial charge in [-0.1, -0.05) is 89.1 Å². The Labute approximate surface area is 356 Å². The summed E-state index contributed by atoms with van der Waals surface area (Å²) in [5.41, 5.74) is 6.76. The highest BCUT2D eigenvalue weighted by molar-refractivity contribution is 5.87. The molecule has 7 N–H and O–H groups in total. The number of hydrogen-bond acceptors (Lipinski definition) is 14. The van der Waals surface area contributed by atoms with Crippen LogP contribution in [0.25, 0.3) is 0 Å². The van der Waals surface area contributed by atoms with Gasteiger partial charge in [-0.25, -0.2) is 9.59 Å². The minimum Gasteiger partial charge on any atom is -0.490 e. The van der Waals surface area contributed by atoms with E-state index in [-0.39, 0.29) is 36.4 Å². The van der Waals surface area contributed by atoms with Gasteiger partial charge in [0.05, 0.1) is 49.8 Å². The van der Waals surface area contributed by atoms with E-state index in [1.165, 1.54) is 20.3 Å². The zero-order valence-corrected chi connectivity index (χ0v) is 37.5. The Bertz CT molecular complexity index is 1550. The molecule has 3 rings (SSSR count). The molecule has 0 aliphatic carbocycles. The van der Waals surface area contributed by atoms with Crippen molar-refractivity contribution >= 4 is 12.1 Å². The topological polar surface area (TPSA) is 226 Å². The number of nitrogens with two attached hydrogens (primary N) is 1. The number of primary amides is 1. The number of ether oxygens (including phenoxy) is 7. The van der Waals surface area contributed by atoms with Crippen LogP contribution in [0.15, 0.2) is 59.4 Å². The van der Waals surface area contributed by atoms with E-state index >= 15 is 0 Å². The van der Waals surface area contributed by atoms with Gasteiger partial charge in [-0.2, -0.15) is 0 Å². The summed E-state index contributed by atoms with van der Waals surface area (Å²) in [5, 5.41) is 57.6. The molecule has 18 atom stereocenters. The molecule has 0 aromatic rings. The van der Waals surface area contributed by atoms with E-state index in [0.29, 0.717) is 12.0 Å². The zero-order chi connectivity index (χ0) is 45.2. The van der Waals surface area contributed by atoms with Crippen molar-refractivity contribution in [2.45, 2.75) is 162 Å². The third-order valence-electron chi connectivity index (χ3n) is 12.5. The van der Waals surface area contributed by atoms with E-state index in [9.17, 15) is 35.1 Å². The Morgan fingerprint density at radius 1 is 1.05 bits per heavy atom. The van der Waals surface area contributed by atoms with E-state index in [0.717, 1.165) is 5.57 Å². The predicted molar refractivity (Wildman–Crippen MR) is 224 cm³/mol. The molecule has 1 amide bonds. The Balaban J connectivity index is 1.99. The number of amides is 1. The average molecular weight is 852 g/mol. The molecule has 342 valence electrons. The van der Waals surface area contributed by atoms with Crippen molar-refractivity contribution in [1.82, 2.24) is 0 Å². The fourth-order valence-corrected chi connectivity index (χ4v) is 8.64. The molecule has 0 saturated carbocycles. The molecule has 0 spiro atoms. The van der Waals surface area contributed by atoms with E-state index < -0.39 is 103 Å². The first-order valence-corrected chi connectivity index (χ1v) is 21.1. The van der Waals surface area contributed by atoms with Crippen LogP contribution in [0.5, 0.6) is 0 Å². The first-order valence-electron chi connectivity index (χ1n) is 21.1. The number of cyclic esters (lactones) is 1. The van der Waals surface area contributed by atoms with Crippen molar-refractivity contribution < 1.29 is 68.3 Å². The number of rotatable bonds is 10. The maximum atomic E-state index is 13.9. The fourth-order valence-electron chi connectivity index (χ4n) is 8.64. The largest absolute Gasteiger partial charge is 0.490 e. The molecule has 3 aliphatic rings. The Kier molecular flexibility index (Phi) is 19.5. The molecular weight excluding hydrogens is 778 g/mol. The van der Waals surface area contributed by atoms with Gasteiger partial charge in [0.25, 0.3) is 0 Å². The van der Waals surface area contributed by atoms with Gasteiger partial charge >= 0.3 is 12.1 Å². The Hall–Kier alpha value is -3.12. The van der Waals surface area contributed by atoms with Gasteiger partial charge in [0, 0.05) is 49.5 Å². The number of aliphatic hydroxyl groups excluding tert-OH is 4. The maximum absolute atomic E-state index is 13.9. The molecule has 2 fully saturated rings. The summed E-state index contributed by atoms with van der Waals surface area (Å²) < 4.78 is 41.3. The first-order chi connectivity index (χ1) is 28.1. The van der Waals surface area contributed by atoms with Crippen LogP contribution >= 0.6 is 0 Å². The summed E-state index contributed by atoms with van der Waals surface area (Å²) in [6.07, 6.45) is 1.54. The van der Waals surface area contributed by atoms with Crippen LogP contribution in [0.4, 0.5) is 4.79 Å². The number of carbonyl (C=O) groups is 2. The molecule has 2 saturated heterocycles. The van der Waals surface area contributed by atoms with Crippen LogP contribution < -0.4 is 5.73 Å². The normalized spacial score (nSPS) is 42.7. The number of carbonyl (C=O) groups excluding carboxylic acids is 2. The van der Waals surface area contributed by atoms with Gasteiger partial charge in [-0.3, -0.25) is 0 Å². The Morgan fingerprint density at radius 2 is 1.72 bits per heavy atom. The average Bonchev–Trinajstić information content (AvgIpc) is 3.18. The van der Waals surface area contributed by atoms with Crippen molar-refractivity contribution in [1.29, 1.82) is 0 Å². The van der Waals surface area contributed by atoms with Crippen molar-refractivity contribution in [3.05, 3.63) is 59.4 Å². The highest BCUT2D eigenvalue weighted by Gasteiger charge is 2.52. The summed E-state index contributed by atoms with van der Waals surface area (Å²) in [6, 6.07) is 0. The third-order valence-corrected chi connectivity index (χ3v) is 12.5. The van der Waals surface area contributed by atoms with Crippen molar-refractivity contribution in [2.75, 3.05) is 14.2 Å². The van der Waals surface area contributed by atoms with Crippen molar-refractivity contribution in [3.63, 3.8) is 0 Å². The number of hydrogen-bond donors (Lipinski definition) is 6. The zero-order valence-electron chi connectivity index (χ0n) is 37.5. The molecule has 0 aromatic carbocycles. The van der Waals surface area contributed by atoms with E-state index in [1.807, 2.05) is 47.6 Å². The summed E-state index contributed by atoms with van der Waals surface area (Å²) >= 11 is 0. The quantitative estimate of drug-likeness (QED) is 0.131. The fraction of sp³-hybridized carbons (Fsp3) is 0.733. The minimum atomic E-state index is -1.97. The third kappa shape index (κ3) is 13.2. The van der Waals surface area contributed by atoms with E-state index in [4.69, 9.17) is 38.9 Å². The smallest absolute Gasteiger partial charge is 0.404 e. The molecule has 0 aromatic heterocycles. The lowest BCUT2D eigenvalue weighted by molar-refractivity contribution is -0.338. The van der Waals surface area contributed by atoms with E-state index in [1.54, 1.807) is 58.1 Å². The van der Waals surface area contributed by atoms with E-state index in [2.05, 4.69) is 0 Å². The van der Waals surface area contributed by atoms with Crippen LogP contribution in [-0.4, -0.2) is 125 Å². The molecule has 3 aliphatic heterocycles. The second-order valence-electron chi connectivity index (χ2n) is 17.3. The van der Waals surface area contributed by atoms with Crippen LogP contribution in [0.2, 0.25) is 0 Å².